The van der Waals surface area contributed by atoms with Crippen LogP contribution in [0.15, 0.2) is 6.20 Å². The van der Waals surface area contributed by atoms with E-state index in [2.05, 4.69) is 20.8 Å². The zero-order valence-electron chi connectivity index (χ0n) is 10.5. The largest absolute Gasteiger partial charge is 0.351 e. The van der Waals surface area contributed by atoms with Gasteiger partial charge in [-0.1, -0.05) is 6.92 Å². The van der Waals surface area contributed by atoms with E-state index in [1.807, 2.05) is 13.8 Å². The average molecular weight is 236 g/mol. The number of rotatable bonds is 3. The maximum atomic E-state index is 12.2. The van der Waals surface area contributed by atoms with Crippen LogP contribution in [0.1, 0.15) is 31.0 Å². The van der Waals surface area contributed by atoms with Crippen LogP contribution in [-0.4, -0.2) is 29.2 Å². The smallest absolute Gasteiger partial charge is 0.226 e. The van der Waals surface area contributed by atoms with Crippen LogP contribution in [0, 0.1) is 12.3 Å². The second kappa shape index (κ2) is 4.87. The highest BCUT2D eigenvalue weighted by Gasteiger charge is 2.34. The van der Waals surface area contributed by atoms with Crippen LogP contribution in [0.3, 0.4) is 0 Å². The number of carbonyl (C=O) groups excluding carboxylic acids is 1. The van der Waals surface area contributed by atoms with E-state index < -0.39 is 0 Å². The van der Waals surface area contributed by atoms with Gasteiger partial charge in [-0.15, -0.1) is 0 Å². The fourth-order valence-electron chi connectivity index (χ4n) is 2.15. The van der Waals surface area contributed by atoms with E-state index in [-0.39, 0.29) is 11.3 Å². The van der Waals surface area contributed by atoms with Crippen LogP contribution >= 0.6 is 0 Å². The molecule has 0 unspecified atom stereocenters. The molecule has 0 spiro atoms. The predicted molar refractivity (Wildman–Crippen MR) is 65.4 cm³/mol. The third kappa shape index (κ3) is 2.66. The fourth-order valence-corrected chi connectivity index (χ4v) is 2.15. The van der Waals surface area contributed by atoms with Crippen molar-refractivity contribution in [2.24, 2.45) is 5.41 Å². The van der Waals surface area contributed by atoms with Crippen LogP contribution in [0.2, 0.25) is 0 Å². The summed E-state index contributed by atoms with van der Waals surface area (Å²) in [5.41, 5.74) is 1.85. The van der Waals surface area contributed by atoms with E-state index in [0.717, 1.165) is 37.2 Å². The van der Waals surface area contributed by atoms with Crippen LogP contribution in [0.5, 0.6) is 0 Å². The Morgan fingerprint density at radius 1 is 1.53 bits per heavy atom. The van der Waals surface area contributed by atoms with E-state index >= 15 is 0 Å². The molecular formula is C12H20N4O. The van der Waals surface area contributed by atoms with Crippen molar-refractivity contribution in [2.45, 2.75) is 33.2 Å². The van der Waals surface area contributed by atoms with Crippen molar-refractivity contribution in [3.05, 3.63) is 17.5 Å². The number of hydrogen-bond acceptors (Lipinski definition) is 3. The maximum Gasteiger partial charge on any atom is 0.226 e. The Balaban J connectivity index is 1.91. The summed E-state index contributed by atoms with van der Waals surface area (Å²) in [6.45, 7) is 6.42. The monoisotopic (exact) mass is 236 g/mol. The highest BCUT2D eigenvalue weighted by Crippen LogP contribution is 2.28. The summed E-state index contributed by atoms with van der Waals surface area (Å²) in [7, 11) is 0. The lowest BCUT2D eigenvalue weighted by Crippen LogP contribution is -2.45. The number of aromatic nitrogens is 2. The molecule has 0 aliphatic carbocycles. The van der Waals surface area contributed by atoms with Crippen molar-refractivity contribution in [2.75, 3.05) is 13.1 Å². The van der Waals surface area contributed by atoms with E-state index in [9.17, 15) is 4.79 Å². The van der Waals surface area contributed by atoms with E-state index in [0.29, 0.717) is 6.54 Å². The highest BCUT2D eigenvalue weighted by molar-refractivity contribution is 5.82. The average Bonchev–Trinajstić information content (AvgIpc) is 2.73. The molecule has 1 aromatic rings. The number of hydrogen-bond donors (Lipinski definition) is 3. The van der Waals surface area contributed by atoms with E-state index in [4.69, 9.17) is 0 Å². The minimum Gasteiger partial charge on any atom is -0.351 e. The van der Waals surface area contributed by atoms with Gasteiger partial charge in [-0.3, -0.25) is 9.89 Å². The van der Waals surface area contributed by atoms with Gasteiger partial charge in [-0.05, 0) is 32.9 Å². The van der Waals surface area contributed by atoms with Gasteiger partial charge in [-0.25, -0.2) is 0 Å². The second-order valence-corrected chi connectivity index (χ2v) is 5.01. The molecule has 1 fully saturated rings. The minimum atomic E-state index is -0.219. The zero-order valence-corrected chi connectivity index (χ0v) is 10.5. The summed E-state index contributed by atoms with van der Waals surface area (Å²) in [6.07, 6.45) is 3.58. The Morgan fingerprint density at radius 3 is 2.82 bits per heavy atom. The fraction of sp³-hybridized carbons (Fsp3) is 0.667. The molecule has 0 aromatic carbocycles. The highest BCUT2D eigenvalue weighted by atomic mass is 16.2. The summed E-state index contributed by atoms with van der Waals surface area (Å²) in [5.74, 6) is 0.152. The van der Waals surface area contributed by atoms with Crippen LogP contribution < -0.4 is 10.6 Å². The van der Waals surface area contributed by atoms with Crippen molar-refractivity contribution < 1.29 is 4.79 Å². The molecule has 17 heavy (non-hydrogen) atoms. The molecule has 1 amide bonds. The summed E-state index contributed by atoms with van der Waals surface area (Å²) in [5, 5.41) is 13.1. The van der Waals surface area contributed by atoms with Crippen molar-refractivity contribution >= 4 is 5.91 Å². The molecule has 1 aromatic heterocycles. The molecule has 0 atom stereocenters. The number of amides is 1. The molecule has 1 aliphatic heterocycles. The lowest BCUT2D eigenvalue weighted by Gasteiger charge is -2.32. The predicted octanol–water partition coefficient (Wildman–Crippen LogP) is 0.724. The lowest BCUT2D eigenvalue weighted by atomic mass is 9.80. The maximum absolute atomic E-state index is 12.2. The molecule has 0 saturated carbocycles. The molecule has 2 heterocycles. The Bertz CT molecular complexity index is 393. The number of nitrogens with zero attached hydrogens (tertiary/aromatic N) is 1. The van der Waals surface area contributed by atoms with Crippen LogP contribution in [-0.2, 0) is 11.3 Å². The van der Waals surface area contributed by atoms with Gasteiger partial charge in [-0.2, -0.15) is 5.10 Å². The second-order valence-electron chi connectivity index (χ2n) is 5.01. The topological polar surface area (TPSA) is 69.8 Å². The minimum absolute atomic E-state index is 0.152. The number of aromatic amines is 1. The van der Waals surface area contributed by atoms with Crippen molar-refractivity contribution in [3.8, 4) is 0 Å². The van der Waals surface area contributed by atoms with E-state index in [1.54, 1.807) is 6.20 Å². The van der Waals surface area contributed by atoms with Gasteiger partial charge in [0.25, 0.3) is 0 Å². The number of piperidine rings is 1. The van der Waals surface area contributed by atoms with Gasteiger partial charge in [0.05, 0.1) is 6.20 Å². The molecule has 1 saturated heterocycles. The number of aryl methyl sites for hydroxylation is 1. The SMILES string of the molecule is Cc1[nH]ncc1CNC(=O)C1(C)CCNCC1. The molecule has 1 aliphatic rings. The van der Waals surface area contributed by atoms with E-state index in [1.165, 1.54) is 0 Å². The van der Waals surface area contributed by atoms with Crippen LogP contribution in [0.4, 0.5) is 0 Å². The first-order valence-electron chi connectivity index (χ1n) is 6.10. The third-order valence-electron chi connectivity index (χ3n) is 3.63. The lowest BCUT2D eigenvalue weighted by molar-refractivity contribution is -0.131. The molecule has 2 rings (SSSR count). The van der Waals surface area contributed by atoms with Gasteiger partial charge in [0.15, 0.2) is 0 Å². The first kappa shape index (κ1) is 12.1. The molecule has 5 nitrogen and oxygen atoms in total. The molecule has 0 bridgehead atoms. The summed E-state index contributed by atoms with van der Waals surface area (Å²) >= 11 is 0. The number of H-pyrrole nitrogens is 1. The summed E-state index contributed by atoms with van der Waals surface area (Å²) in [6, 6.07) is 0. The van der Waals surface area contributed by atoms with Gasteiger partial charge in [0.2, 0.25) is 5.91 Å². The number of nitrogens with one attached hydrogen (secondary N) is 3. The molecular weight excluding hydrogens is 216 g/mol. The molecule has 3 N–H and O–H groups in total. The van der Waals surface area contributed by atoms with Gasteiger partial charge in [0.1, 0.15) is 0 Å². The molecule has 0 radical (unpaired) electrons. The Labute approximate surface area is 101 Å². The van der Waals surface area contributed by atoms with Crippen molar-refractivity contribution in [1.82, 2.24) is 20.8 Å². The van der Waals surface area contributed by atoms with Gasteiger partial charge in [0, 0.05) is 23.2 Å². The van der Waals surface area contributed by atoms with Crippen molar-refractivity contribution in [1.29, 1.82) is 0 Å². The summed E-state index contributed by atoms with van der Waals surface area (Å²) < 4.78 is 0. The molecule has 94 valence electrons. The first-order chi connectivity index (χ1) is 8.12. The van der Waals surface area contributed by atoms with Gasteiger partial charge < -0.3 is 10.6 Å². The molecule has 5 heteroatoms. The first-order valence-corrected chi connectivity index (χ1v) is 6.10. The van der Waals surface area contributed by atoms with Crippen LogP contribution in [0.25, 0.3) is 0 Å². The Morgan fingerprint density at radius 2 is 2.24 bits per heavy atom. The standard InChI is InChI=1S/C12H20N4O/c1-9-10(8-15-16-9)7-14-11(17)12(2)3-5-13-6-4-12/h8,13H,3-7H2,1-2H3,(H,14,17)(H,15,16). The summed E-state index contributed by atoms with van der Waals surface area (Å²) in [4.78, 5) is 12.2. The zero-order chi connectivity index (χ0) is 12.3. The normalized spacial score (nSPS) is 18.9. The number of carbonyl (C=O) groups is 1. The Kier molecular flexibility index (Phi) is 3.47. The van der Waals surface area contributed by atoms with Gasteiger partial charge >= 0.3 is 0 Å². The Hall–Kier alpha value is -1.36. The quantitative estimate of drug-likeness (QED) is 0.724. The van der Waals surface area contributed by atoms with Crippen molar-refractivity contribution in [3.63, 3.8) is 0 Å². The third-order valence-corrected chi connectivity index (χ3v) is 3.63.